The van der Waals surface area contributed by atoms with E-state index in [1.807, 2.05) is 24.4 Å². The monoisotopic (exact) mass is 425 g/mol. The van der Waals surface area contributed by atoms with E-state index in [2.05, 4.69) is 20.6 Å². The van der Waals surface area contributed by atoms with Crippen molar-refractivity contribution in [2.24, 2.45) is 0 Å². The van der Waals surface area contributed by atoms with E-state index in [1.165, 1.54) is 0 Å². The Morgan fingerprint density at radius 1 is 1.07 bits per heavy atom. The molecule has 29 heavy (non-hydrogen) atoms. The lowest BCUT2D eigenvalue weighted by molar-refractivity contribution is -0.136. The Morgan fingerprint density at radius 3 is 2.59 bits per heavy atom. The van der Waals surface area contributed by atoms with Crippen LogP contribution in [0.25, 0.3) is 16.9 Å². The van der Waals surface area contributed by atoms with Crippen LogP contribution in [0.2, 0.25) is 5.02 Å². The van der Waals surface area contributed by atoms with Crippen molar-refractivity contribution < 1.29 is 9.59 Å². The highest BCUT2D eigenvalue weighted by atomic mass is 35.5. The lowest BCUT2D eigenvalue weighted by atomic mass is 10.1. The molecule has 0 fully saturated rings. The first kappa shape index (κ1) is 19.1. The molecule has 0 spiro atoms. The van der Waals surface area contributed by atoms with Gasteiger partial charge in [-0.05, 0) is 31.2 Å². The number of rotatable bonds is 4. The molecule has 9 heteroatoms. The first-order valence-corrected chi connectivity index (χ1v) is 9.98. The molecule has 146 valence electrons. The van der Waals surface area contributed by atoms with E-state index < -0.39 is 11.8 Å². The summed E-state index contributed by atoms with van der Waals surface area (Å²) in [4.78, 5) is 33.0. The number of hydrogen-bond donors (Lipinski definition) is 2. The van der Waals surface area contributed by atoms with Crippen molar-refractivity contribution in [3.8, 4) is 11.3 Å². The summed E-state index contributed by atoms with van der Waals surface area (Å²) in [6, 6.07) is 10.7. The molecule has 4 rings (SSSR count). The zero-order valence-corrected chi connectivity index (χ0v) is 16.9. The van der Waals surface area contributed by atoms with Crippen LogP contribution in [0, 0.1) is 6.92 Å². The molecular weight excluding hydrogens is 410 g/mol. The van der Waals surface area contributed by atoms with E-state index in [9.17, 15) is 9.59 Å². The minimum absolute atomic E-state index is 0.133. The number of benzene rings is 1. The average molecular weight is 426 g/mol. The van der Waals surface area contributed by atoms with Crippen molar-refractivity contribution in [1.29, 1.82) is 0 Å². The number of pyridine rings is 1. The van der Waals surface area contributed by atoms with Crippen LogP contribution in [-0.2, 0) is 16.1 Å². The van der Waals surface area contributed by atoms with Gasteiger partial charge in [0, 0.05) is 29.0 Å². The summed E-state index contributed by atoms with van der Waals surface area (Å²) in [5, 5.41) is 8.70. The number of nitrogens with zero attached hydrogens (tertiary/aromatic N) is 3. The highest BCUT2D eigenvalue weighted by Gasteiger charge is 2.14. The summed E-state index contributed by atoms with van der Waals surface area (Å²) in [5.41, 5.74) is 3.69. The molecule has 0 radical (unpaired) electrons. The van der Waals surface area contributed by atoms with Crippen molar-refractivity contribution in [2.75, 3.05) is 5.32 Å². The van der Waals surface area contributed by atoms with Gasteiger partial charge in [-0.2, -0.15) is 0 Å². The third-order valence-electron chi connectivity index (χ3n) is 4.16. The number of fused-ring (bicyclic) bond motifs is 1. The number of thiazole rings is 1. The second-order valence-electron chi connectivity index (χ2n) is 6.31. The Labute approximate surface area is 175 Å². The number of anilines is 1. The first-order chi connectivity index (χ1) is 14.0. The Morgan fingerprint density at radius 2 is 1.86 bits per heavy atom. The van der Waals surface area contributed by atoms with Crippen LogP contribution in [0.15, 0.2) is 54.2 Å². The maximum atomic E-state index is 12.1. The fourth-order valence-corrected chi connectivity index (χ4v) is 3.55. The molecule has 3 heterocycles. The molecule has 0 bridgehead atoms. The molecule has 2 N–H and O–H groups in total. The normalized spacial score (nSPS) is 10.8. The predicted octanol–water partition coefficient (Wildman–Crippen LogP) is 3.67. The largest absolute Gasteiger partial charge is 0.342 e. The maximum absolute atomic E-state index is 12.1. The highest BCUT2D eigenvalue weighted by Crippen LogP contribution is 2.23. The van der Waals surface area contributed by atoms with Gasteiger partial charge in [0.1, 0.15) is 5.65 Å². The van der Waals surface area contributed by atoms with Gasteiger partial charge in [-0.25, -0.2) is 9.97 Å². The van der Waals surface area contributed by atoms with Crippen LogP contribution in [0.5, 0.6) is 0 Å². The number of imidazole rings is 1. The third kappa shape index (κ3) is 4.44. The zero-order chi connectivity index (χ0) is 20.4. The Bertz CT molecular complexity index is 1200. The average Bonchev–Trinajstić information content (AvgIpc) is 3.32. The van der Waals surface area contributed by atoms with Crippen molar-refractivity contribution in [3.63, 3.8) is 0 Å². The fraction of sp³-hybridized carbons (Fsp3) is 0.100. The van der Waals surface area contributed by atoms with Gasteiger partial charge in [0.15, 0.2) is 0 Å². The summed E-state index contributed by atoms with van der Waals surface area (Å²) in [5.74, 6) is -1.48. The number of nitrogens with one attached hydrogen (secondary N) is 2. The number of carbonyl (C=O) groups excluding carboxylic acids is 2. The number of halogens is 1. The van der Waals surface area contributed by atoms with E-state index in [4.69, 9.17) is 11.6 Å². The van der Waals surface area contributed by atoms with Gasteiger partial charge in [-0.3, -0.25) is 9.59 Å². The molecule has 0 unspecified atom stereocenters. The SMILES string of the molecule is Cc1nc(-c2ccc(NC(=O)C(=O)NCc3cn4cc(Cl)ccc4n3)cc2)cs1. The van der Waals surface area contributed by atoms with E-state index in [0.29, 0.717) is 22.1 Å². The topological polar surface area (TPSA) is 88.4 Å². The van der Waals surface area contributed by atoms with Gasteiger partial charge in [0.25, 0.3) is 0 Å². The zero-order valence-electron chi connectivity index (χ0n) is 15.3. The standard InChI is InChI=1S/C20H16ClN5O2S/c1-12-23-17(11-29-12)13-2-5-15(6-3-13)25-20(28)19(27)22-8-16-10-26-9-14(21)4-7-18(26)24-16/h2-7,9-11H,8H2,1H3,(H,22,27)(H,25,28). The van der Waals surface area contributed by atoms with Crippen molar-refractivity contribution in [2.45, 2.75) is 13.5 Å². The van der Waals surface area contributed by atoms with Crippen LogP contribution in [-0.4, -0.2) is 26.2 Å². The summed E-state index contributed by atoms with van der Waals surface area (Å²) in [6.45, 7) is 2.08. The quantitative estimate of drug-likeness (QED) is 0.488. The second-order valence-corrected chi connectivity index (χ2v) is 7.81. The first-order valence-electron chi connectivity index (χ1n) is 8.73. The predicted molar refractivity (Wildman–Crippen MR) is 113 cm³/mol. The lowest BCUT2D eigenvalue weighted by Crippen LogP contribution is -2.35. The Balaban J connectivity index is 1.34. The molecule has 0 saturated carbocycles. The van der Waals surface area contributed by atoms with Crippen molar-refractivity contribution in [3.05, 3.63) is 69.9 Å². The lowest BCUT2D eigenvalue weighted by Gasteiger charge is -2.06. The number of amides is 2. The second kappa shape index (κ2) is 8.02. The van der Waals surface area contributed by atoms with Crippen LogP contribution < -0.4 is 10.6 Å². The molecular formula is C20H16ClN5O2S. The van der Waals surface area contributed by atoms with Crippen LogP contribution >= 0.6 is 22.9 Å². The molecule has 0 aliphatic carbocycles. The molecule has 2 amide bonds. The van der Waals surface area contributed by atoms with Crippen LogP contribution in [0.3, 0.4) is 0 Å². The van der Waals surface area contributed by atoms with Gasteiger partial charge in [0.05, 0.1) is 28.0 Å². The van der Waals surface area contributed by atoms with Gasteiger partial charge >= 0.3 is 11.8 Å². The van der Waals surface area contributed by atoms with E-state index >= 15 is 0 Å². The van der Waals surface area contributed by atoms with Gasteiger partial charge < -0.3 is 15.0 Å². The fourth-order valence-electron chi connectivity index (χ4n) is 2.76. The summed E-state index contributed by atoms with van der Waals surface area (Å²) < 4.78 is 1.76. The number of hydrogen-bond acceptors (Lipinski definition) is 5. The minimum atomic E-state index is -0.742. The van der Waals surface area contributed by atoms with Crippen molar-refractivity contribution in [1.82, 2.24) is 19.7 Å². The van der Waals surface area contributed by atoms with E-state index in [-0.39, 0.29) is 6.54 Å². The molecule has 0 saturated heterocycles. The van der Waals surface area contributed by atoms with Crippen LogP contribution in [0.1, 0.15) is 10.7 Å². The minimum Gasteiger partial charge on any atom is -0.342 e. The van der Waals surface area contributed by atoms with Gasteiger partial charge in [-0.15, -0.1) is 11.3 Å². The number of aromatic nitrogens is 3. The molecule has 0 aliphatic heterocycles. The summed E-state index contributed by atoms with van der Waals surface area (Å²) in [6.07, 6.45) is 3.47. The smallest absolute Gasteiger partial charge is 0.313 e. The Kier molecular flexibility index (Phi) is 5.28. The van der Waals surface area contributed by atoms with Crippen molar-refractivity contribution >= 4 is 46.1 Å². The van der Waals surface area contributed by atoms with Crippen LogP contribution in [0.4, 0.5) is 5.69 Å². The highest BCUT2D eigenvalue weighted by molar-refractivity contribution is 7.09. The number of carbonyl (C=O) groups is 2. The molecule has 1 aromatic carbocycles. The maximum Gasteiger partial charge on any atom is 0.313 e. The Hall–Kier alpha value is -3.23. The third-order valence-corrected chi connectivity index (χ3v) is 5.16. The summed E-state index contributed by atoms with van der Waals surface area (Å²) in [7, 11) is 0. The molecule has 4 aromatic rings. The molecule has 0 atom stereocenters. The van der Waals surface area contributed by atoms with Gasteiger partial charge in [-0.1, -0.05) is 23.7 Å². The summed E-state index contributed by atoms with van der Waals surface area (Å²) >= 11 is 7.52. The van der Waals surface area contributed by atoms with Gasteiger partial charge in [0.2, 0.25) is 0 Å². The van der Waals surface area contributed by atoms with E-state index in [0.717, 1.165) is 16.3 Å². The molecule has 7 nitrogen and oxygen atoms in total. The molecule has 3 aromatic heterocycles. The molecule has 0 aliphatic rings. The van der Waals surface area contributed by atoms with E-state index in [1.54, 1.807) is 52.4 Å². The number of aryl methyl sites for hydroxylation is 1.